The lowest BCUT2D eigenvalue weighted by atomic mass is 10.0. The van der Waals surface area contributed by atoms with E-state index in [1.165, 1.54) is 22.3 Å². The van der Waals surface area contributed by atoms with Crippen LogP contribution in [0.25, 0.3) is 0 Å². The van der Waals surface area contributed by atoms with Gasteiger partial charge in [-0.1, -0.05) is 50.1 Å². The highest BCUT2D eigenvalue weighted by atomic mass is 14.2. The zero-order valence-electron chi connectivity index (χ0n) is 8.72. The molecule has 0 aromatic heterocycles. The van der Waals surface area contributed by atoms with Crippen molar-refractivity contribution in [3.05, 3.63) is 72.4 Å². The summed E-state index contributed by atoms with van der Waals surface area (Å²) in [7, 11) is 0. The van der Waals surface area contributed by atoms with Gasteiger partial charge in [-0.2, -0.15) is 0 Å². The zero-order chi connectivity index (χ0) is 10.6. The normalized spacial score (nSPS) is 16.6. The third-order valence-corrected chi connectivity index (χ3v) is 2.39. The van der Waals surface area contributed by atoms with Crippen molar-refractivity contribution >= 4 is 0 Å². The molecule has 0 heteroatoms. The van der Waals surface area contributed by atoms with Gasteiger partial charge in [0, 0.05) is 0 Å². The molecule has 0 aromatic rings. The van der Waals surface area contributed by atoms with Crippen molar-refractivity contribution in [1.29, 1.82) is 0 Å². The van der Waals surface area contributed by atoms with Gasteiger partial charge in [0.15, 0.2) is 0 Å². The lowest BCUT2D eigenvalue weighted by Crippen LogP contribution is -1.81. The molecule has 0 saturated heterocycles. The molecule has 1 aliphatic rings. The lowest BCUT2D eigenvalue weighted by molar-refractivity contribution is 1.25. The Bertz CT molecular complexity index is 359. The molecule has 0 spiro atoms. The van der Waals surface area contributed by atoms with Crippen LogP contribution in [0.2, 0.25) is 0 Å². The van der Waals surface area contributed by atoms with E-state index in [2.05, 4.69) is 25.8 Å². The van der Waals surface area contributed by atoms with Crippen LogP contribution in [-0.2, 0) is 0 Å². The largest absolute Gasteiger partial charge is 0.0988 e. The molecule has 0 aromatic carbocycles. The second-order valence-corrected chi connectivity index (χ2v) is 3.17. The Balaban J connectivity index is 3.24. The van der Waals surface area contributed by atoms with E-state index in [-0.39, 0.29) is 0 Å². The second-order valence-electron chi connectivity index (χ2n) is 3.17. The minimum absolute atomic E-state index is 0.925. The van der Waals surface area contributed by atoms with Crippen LogP contribution in [0.15, 0.2) is 72.4 Å². The van der Waals surface area contributed by atoms with Crippen molar-refractivity contribution in [3.8, 4) is 0 Å². The molecule has 72 valence electrons. The van der Waals surface area contributed by atoms with Crippen molar-refractivity contribution in [2.75, 3.05) is 0 Å². The Kier molecular flexibility index (Phi) is 3.47. The highest BCUT2D eigenvalue weighted by Crippen LogP contribution is 2.34. The Hall–Kier alpha value is -1.56. The predicted molar refractivity (Wildman–Crippen MR) is 64.1 cm³/mol. The van der Waals surface area contributed by atoms with E-state index >= 15 is 0 Å². The molecule has 0 atom stereocenters. The van der Waals surface area contributed by atoms with Crippen molar-refractivity contribution in [3.63, 3.8) is 0 Å². The fraction of sp³-hybridized carbons (Fsp3) is 0.143. The van der Waals surface area contributed by atoms with Gasteiger partial charge < -0.3 is 0 Å². The fourth-order valence-electron chi connectivity index (χ4n) is 1.71. The maximum absolute atomic E-state index is 3.83. The van der Waals surface area contributed by atoms with Crippen LogP contribution in [0.3, 0.4) is 0 Å². The molecule has 0 heterocycles. The quantitative estimate of drug-likeness (QED) is 0.616. The highest BCUT2D eigenvalue weighted by Gasteiger charge is 2.16. The first-order valence-corrected chi connectivity index (χ1v) is 4.75. The highest BCUT2D eigenvalue weighted by molar-refractivity contribution is 5.61. The molecule has 0 radical (unpaired) electrons. The van der Waals surface area contributed by atoms with Crippen LogP contribution in [0.1, 0.15) is 13.3 Å². The SMILES string of the molecule is C=CC1=C(C=C)C(/C=C\C)=C(C=C)C1. The molecular formula is C14H16. The minimum atomic E-state index is 0.925. The van der Waals surface area contributed by atoms with E-state index in [1.54, 1.807) is 0 Å². The molecule has 0 bridgehead atoms. The molecule has 0 N–H and O–H groups in total. The van der Waals surface area contributed by atoms with Crippen LogP contribution < -0.4 is 0 Å². The molecule has 0 fully saturated rings. The summed E-state index contributed by atoms with van der Waals surface area (Å²) in [4.78, 5) is 0. The molecule has 1 aliphatic carbocycles. The number of rotatable bonds is 4. The summed E-state index contributed by atoms with van der Waals surface area (Å²) in [6.45, 7) is 13.5. The summed E-state index contributed by atoms with van der Waals surface area (Å²) in [5, 5.41) is 0. The summed E-state index contributed by atoms with van der Waals surface area (Å²) < 4.78 is 0. The Morgan fingerprint density at radius 2 is 1.50 bits per heavy atom. The smallest absolute Gasteiger partial charge is 0.00139 e. The average molecular weight is 184 g/mol. The van der Waals surface area contributed by atoms with Gasteiger partial charge in [0.2, 0.25) is 0 Å². The fourth-order valence-corrected chi connectivity index (χ4v) is 1.71. The minimum Gasteiger partial charge on any atom is -0.0988 e. The first kappa shape index (κ1) is 10.5. The standard InChI is InChI=1S/C14H16/c1-5-9-14-12(7-3)10-11(6-2)13(14)8-4/h5-9H,2-4,10H2,1H3/b9-5-. The molecule has 0 amide bonds. The summed E-state index contributed by atoms with van der Waals surface area (Å²) in [6, 6.07) is 0. The molecule has 0 nitrogen and oxygen atoms in total. The molecule has 0 unspecified atom stereocenters. The predicted octanol–water partition coefficient (Wildman–Crippen LogP) is 4.12. The van der Waals surface area contributed by atoms with Crippen LogP contribution in [0.4, 0.5) is 0 Å². The maximum atomic E-state index is 3.83. The zero-order valence-corrected chi connectivity index (χ0v) is 8.72. The molecule has 14 heavy (non-hydrogen) atoms. The van der Waals surface area contributed by atoms with Gasteiger partial charge in [0.1, 0.15) is 0 Å². The van der Waals surface area contributed by atoms with Crippen molar-refractivity contribution in [2.45, 2.75) is 13.3 Å². The van der Waals surface area contributed by atoms with Crippen LogP contribution in [-0.4, -0.2) is 0 Å². The molecule has 1 rings (SSSR count). The van der Waals surface area contributed by atoms with E-state index in [0.29, 0.717) is 0 Å². The first-order chi connectivity index (χ1) is 6.78. The molecule has 0 aliphatic heterocycles. The average Bonchev–Trinajstić information content (AvgIpc) is 2.56. The van der Waals surface area contributed by atoms with Gasteiger partial charge in [-0.25, -0.2) is 0 Å². The second kappa shape index (κ2) is 4.61. The van der Waals surface area contributed by atoms with Crippen LogP contribution >= 0.6 is 0 Å². The van der Waals surface area contributed by atoms with E-state index < -0.39 is 0 Å². The van der Waals surface area contributed by atoms with E-state index in [0.717, 1.165) is 6.42 Å². The Morgan fingerprint density at radius 3 is 1.93 bits per heavy atom. The molecule has 0 saturated carbocycles. The van der Waals surface area contributed by atoms with E-state index in [9.17, 15) is 0 Å². The van der Waals surface area contributed by atoms with Crippen LogP contribution in [0.5, 0.6) is 0 Å². The number of hydrogen-bond donors (Lipinski definition) is 0. The third-order valence-electron chi connectivity index (χ3n) is 2.39. The van der Waals surface area contributed by atoms with E-state index in [1.807, 2.05) is 31.2 Å². The van der Waals surface area contributed by atoms with Gasteiger partial charge in [-0.15, -0.1) is 0 Å². The number of hydrogen-bond acceptors (Lipinski definition) is 0. The number of allylic oxidation sites excluding steroid dienone is 9. The monoisotopic (exact) mass is 184 g/mol. The van der Waals surface area contributed by atoms with Crippen molar-refractivity contribution in [1.82, 2.24) is 0 Å². The van der Waals surface area contributed by atoms with E-state index in [4.69, 9.17) is 0 Å². The summed E-state index contributed by atoms with van der Waals surface area (Å²) in [5.41, 5.74) is 4.91. The summed E-state index contributed by atoms with van der Waals surface area (Å²) >= 11 is 0. The van der Waals surface area contributed by atoms with Gasteiger partial charge in [-0.3, -0.25) is 0 Å². The summed E-state index contributed by atoms with van der Waals surface area (Å²) in [5.74, 6) is 0. The lowest BCUT2D eigenvalue weighted by Gasteiger charge is -2.00. The molecular weight excluding hydrogens is 168 g/mol. The Labute approximate surface area is 86.3 Å². The first-order valence-electron chi connectivity index (χ1n) is 4.75. The van der Waals surface area contributed by atoms with Crippen molar-refractivity contribution < 1.29 is 0 Å². The maximum Gasteiger partial charge on any atom is -0.00139 e. The topological polar surface area (TPSA) is 0 Å². The summed E-state index contributed by atoms with van der Waals surface area (Å²) in [6.07, 6.45) is 10.8. The third kappa shape index (κ3) is 1.69. The van der Waals surface area contributed by atoms with Crippen molar-refractivity contribution in [2.24, 2.45) is 0 Å². The Morgan fingerprint density at radius 1 is 0.929 bits per heavy atom. The van der Waals surface area contributed by atoms with Crippen LogP contribution in [0, 0.1) is 0 Å². The van der Waals surface area contributed by atoms with Gasteiger partial charge in [0.25, 0.3) is 0 Å². The van der Waals surface area contributed by atoms with Gasteiger partial charge >= 0.3 is 0 Å². The van der Waals surface area contributed by atoms with Gasteiger partial charge in [0.05, 0.1) is 0 Å². The van der Waals surface area contributed by atoms with Gasteiger partial charge in [-0.05, 0) is 35.6 Å².